The summed E-state index contributed by atoms with van der Waals surface area (Å²) in [4.78, 5) is 4.41. The van der Waals surface area contributed by atoms with E-state index in [-0.39, 0.29) is 0 Å². The molecule has 2 heterocycles. The lowest BCUT2D eigenvalue weighted by Crippen LogP contribution is -2.00. The van der Waals surface area contributed by atoms with Crippen molar-refractivity contribution in [2.75, 3.05) is 0 Å². The lowest BCUT2D eigenvalue weighted by molar-refractivity contribution is 0.252. The van der Waals surface area contributed by atoms with Gasteiger partial charge in [-0.3, -0.25) is 0 Å². The quantitative estimate of drug-likeness (QED) is 0.466. The fraction of sp³-hybridized carbons (Fsp3) is 0.143. The first-order valence-corrected chi connectivity index (χ1v) is 7.85. The Hall–Kier alpha value is -1.37. The van der Waals surface area contributed by atoms with Crippen molar-refractivity contribution in [1.29, 1.82) is 0 Å². The van der Waals surface area contributed by atoms with Crippen LogP contribution in [-0.4, -0.2) is 20.5 Å². The predicted octanol–water partition coefficient (Wildman–Crippen LogP) is 5.35. The lowest BCUT2D eigenvalue weighted by Gasteiger charge is -2.10. The number of rotatable bonds is 3. The third-order valence-corrected chi connectivity index (χ3v) is 4.30. The number of alkyl halides is 2. The van der Waals surface area contributed by atoms with Crippen LogP contribution in [-0.2, 0) is 0 Å². The maximum Gasteiger partial charge on any atom is 0.288 e. The first kappa shape index (κ1) is 15.5. The molecule has 0 N–H and O–H groups in total. The normalized spacial score (nSPS) is 11.5. The van der Waals surface area contributed by atoms with E-state index in [9.17, 15) is 8.78 Å². The van der Waals surface area contributed by atoms with E-state index < -0.39 is 5.76 Å². The predicted molar refractivity (Wildman–Crippen MR) is 85.5 cm³/mol. The van der Waals surface area contributed by atoms with E-state index in [0.29, 0.717) is 38.0 Å². The number of nitrogens with zero attached hydrogens (tertiary/aromatic N) is 3. The molecule has 0 radical (unpaired) electrons. The van der Waals surface area contributed by atoms with Crippen molar-refractivity contribution in [3.8, 4) is 5.69 Å². The Kier molecular flexibility index (Phi) is 4.25. The molecule has 2 aromatic heterocycles. The largest absolute Gasteiger partial charge is 0.288 e. The van der Waals surface area contributed by atoms with Gasteiger partial charge in [-0.1, -0.05) is 35.0 Å². The summed E-state index contributed by atoms with van der Waals surface area (Å²) in [5, 5.41) is 5.96. The molecule has 0 saturated heterocycles. The smallest absolute Gasteiger partial charge is 0.244 e. The summed E-state index contributed by atoms with van der Waals surface area (Å²) < 4.78 is 27.1. The molecule has 3 rings (SSSR count). The minimum Gasteiger partial charge on any atom is -0.244 e. The van der Waals surface area contributed by atoms with Gasteiger partial charge in [-0.2, -0.15) is 13.9 Å². The zero-order chi connectivity index (χ0) is 15.9. The van der Waals surface area contributed by atoms with Gasteiger partial charge >= 0.3 is 0 Å². The van der Waals surface area contributed by atoms with E-state index in [1.54, 1.807) is 35.1 Å². The van der Waals surface area contributed by atoms with E-state index in [2.05, 4.69) is 10.1 Å². The maximum absolute atomic E-state index is 12.8. The van der Waals surface area contributed by atoms with Crippen LogP contribution >= 0.6 is 35.0 Å². The van der Waals surface area contributed by atoms with E-state index in [0.717, 1.165) is 11.1 Å². The van der Waals surface area contributed by atoms with Crippen molar-refractivity contribution in [2.24, 2.45) is 0 Å². The molecule has 0 bridgehead atoms. The van der Waals surface area contributed by atoms with Crippen molar-refractivity contribution in [2.45, 2.75) is 17.6 Å². The Morgan fingerprint density at radius 1 is 1.23 bits per heavy atom. The zero-order valence-corrected chi connectivity index (χ0v) is 13.6. The zero-order valence-electron chi connectivity index (χ0n) is 11.2. The van der Waals surface area contributed by atoms with Gasteiger partial charge in [-0.05, 0) is 25.1 Å². The van der Waals surface area contributed by atoms with Crippen molar-refractivity contribution >= 4 is 45.9 Å². The van der Waals surface area contributed by atoms with Crippen LogP contribution in [0.2, 0.25) is 10.2 Å². The van der Waals surface area contributed by atoms with Crippen molar-refractivity contribution < 1.29 is 8.78 Å². The summed E-state index contributed by atoms with van der Waals surface area (Å²) in [6.07, 6.45) is 1.61. The number of aromatic nitrogens is 3. The van der Waals surface area contributed by atoms with Crippen molar-refractivity contribution in [3.05, 3.63) is 46.3 Å². The molecule has 22 heavy (non-hydrogen) atoms. The number of benzene rings is 1. The molecule has 1 aromatic carbocycles. The Bertz CT molecular complexity index is 851. The first-order chi connectivity index (χ1) is 10.5. The SMILES string of the molecule is Cc1nn(-c2cc(Cl)ccc2SC(F)F)c2cc(Cl)ncc12. The Morgan fingerprint density at radius 3 is 2.73 bits per heavy atom. The molecule has 0 unspecified atom stereocenters. The van der Waals surface area contributed by atoms with Gasteiger partial charge in [-0.25, -0.2) is 9.67 Å². The Balaban J connectivity index is 2.27. The van der Waals surface area contributed by atoms with E-state index >= 15 is 0 Å². The molecule has 3 nitrogen and oxygen atoms in total. The summed E-state index contributed by atoms with van der Waals surface area (Å²) >= 11 is 12.4. The second-order valence-corrected chi connectivity index (χ2v) is 6.37. The molecule has 0 aliphatic carbocycles. The van der Waals surface area contributed by atoms with Crippen LogP contribution in [0.1, 0.15) is 5.69 Å². The van der Waals surface area contributed by atoms with Crippen LogP contribution in [0.15, 0.2) is 35.4 Å². The van der Waals surface area contributed by atoms with Crippen LogP contribution < -0.4 is 0 Å². The number of hydrogen-bond acceptors (Lipinski definition) is 3. The van der Waals surface area contributed by atoms with E-state index in [1.165, 1.54) is 0 Å². The highest BCUT2D eigenvalue weighted by Crippen LogP contribution is 2.34. The van der Waals surface area contributed by atoms with E-state index in [1.807, 2.05) is 6.92 Å². The van der Waals surface area contributed by atoms with Crippen LogP contribution in [0.4, 0.5) is 8.78 Å². The van der Waals surface area contributed by atoms with Gasteiger partial charge < -0.3 is 0 Å². The van der Waals surface area contributed by atoms with Gasteiger partial charge in [0.2, 0.25) is 0 Å². The van der Waals surface area contributed by atoms with Crippen LogP contribution in [0.5, 0.6) is 0 Å². The first-order valence-electron chi connectivity index (χ1n) is 6.21. The van der Waals surface area contributed by atoms with Gasteiger partial charge in [0.25, 0.3) is 5.76 Å². The standard InChI is InChI=1S/C14H9Cl2F2N3S/c1-7-9-6-19-13(16)5-10(9)21(20-7)11-4-8(15)2-3-12(11)22-14(17)18/h2-6,14H,1H3. The topological polar surface area (TPSA) is 30.7 Å². The molecule has 0 aliphatic rings. The number of fused-ring (bicyclic) bond motifs is 1. The number of hydrogen-bond donors (Lipinski definition) is 0. The van der Waals surface area contributed by atoms with Crippen LogP contribution in [0.3, 0.4) is 0 Å². The molecule has 3 aromatic rings. The van der Waals surface area contributed by atoms with Crippen LogP contribution in [0, 0.1) is 6.92 Å². The average molecular weight is 360 g/mol. The van der Waals surface area contributed by atoms with Crippen LogP contribution in [0.25, 0.3) is 16.6 Å². The fourth-order valence-electron chi connectivity index (χ4n) is 2.17. The van der Waals surface area contributed by atoms with Gasteiger partial charge in [0.15, 0.2) is 0 Å². The molecule has 0 aliphatic heterocycles. The minimum atomic E-state index is -2.53. The van der Waals surface area contributed by atoms with Crippen molar-refractivity contribution in [3.63, 3.8) is 0 Å². The van der Waals surface area contributed by atoms with E-state index in [4.69, 9.17) is 23.2 Å². The number of thioether (sulfide) groups is 1. The molecule has 114 valence electrons. The number of pyridine rings is 1. The molecule has 0 atom stereocenters. The molecule has 0 fully saturated rings. The summed E-state index contributed by atoms with van der Waals surface area (Å²) in [6.45, 7) is 1.82. The van der Waals surface area contributed by atoms with Crippen molar-refractivity contribution in [1.82, 2.24) is 14.8 Å². The Labute approximate surface area is 139 Å². The maximum atomic E-state index is 12.8. The fourth-order valence-corrected chi connectivity index (χ4v) is 3.09. The van der Waals surface area contributed by atoms with Gasteiger partial charge in [0.1, 0.15) is 5.15 Å². The summed E-state index contributed by atoms with van der Waals surface area (Å²) in [5.41, 5.74) is 1.90. The third kappa shape index (κ3) is 2.91. The summed E-state index contributed by atoms with van der Waals surface area (Å²) in [5.74, 6) is -2.53. The molecule has 0 spiro atoms. The van der Waals surface area contributed by atoms with Gasteiger partial charge in [-0.15, -0.1) is 0 Å². The molecular weight excluding hydrogens is 351 g/mol. The third-order valence-electron chi connectivity index (χ3n) is 3.08. The Morgan fingerprint density at radius 2 is 2.00 bits per heavy atom. The molecule has 0 amide bonds. The highest BCUT2D eigenvalue weighted by molar-refractivity contribution is 7.99. The summed E-state index contributed by atoms with van der Waals surface area (Å²) in [6, 6.07) is 6.38. The second-order valence-electron chi connectivity index (χ2n) is 4.51. The summed E-state index contributed by atoms with van der Waals surface area (Å²) in [7, 11) is 0. The number of aryl methyl sites for hydroxylation is 1. The lowest BCUT2D eigenvalue weighted by atomic mass is 10.2. The highest BCUT2D eigenvalue weighted by atomic mass is 35.5. The van der Waals surface area contributed by atoms with Gasteiger partial charge in [0, 0.05) is 27.6 Å². The average Bonchev–Trinajstić information content (AvgIpc) is 2.77. The minimum absolute atomic E-state index is 0.304. The second kappa shape index (κ2) is 6.02. The number of halogens is 4. The molecular formula is C14H9Cl2F2N3S. The highest BCUT2D eigenvalue weighted by Gasteiger charge is 2.16. The molecule has 8 heteroatoms. The molecule has 0 saturated carbocycles. The van der Waals surface area contributed by atoms with Gasteiger partial charge in [0.05, 0.1) is 16.9 Å². The monoisotopic (exact) mass is 359 g/mol.